The lowest BCUT2D eigenvalue weighted by Crippen LogP contribution is -2.03. The minimum absolute atomic E-state index is 0.0816. The third-order valence-electron chi connectivity index (χ3n) is 5.69. The number of fused-ring (bicyclic) bond motifs is 4. The summed E-state index contributed by atoms with van der Waals surface area (Å²) in [5, 5.41) is 5.10. The van der Waals surface area contributed by atoms with E-state index in [2.05, 4.69) is 39.3 Å². The highest BCUT2D eigenvalue weighted by molar-refractivity contribution is 7.99. The van der Waals surface area contributed by atoms with Gasteiger partial charge in [-0.05, 0) is 61.1 Å². The van der Waals surface area contributed by atoms with Gasteiger partial charge in [0.15, 0.2) is 5.78 Å². The van der Waals surface area contributed by atoms with E-state index in [1.807, 2.05) is 39.0 Å². The second-order valence-corrected chi connectivity index (χ2v) is 8.37. The monoisotopic (exact) mass is 400 g/mol. The Kier molecular flexibility index (Phi) is 4.24. The SMILES string of the molecule is Cc1nc2nc(SCC(=O)c3ccc4c(c3)-c3ccccc3C4)nn2c(C)c1C. The topological polar surface area (TPSA) is 60.2 Å². The van der Waals surface area contributed by atoms with Crippen molar-refractivity contribution in [1.29, 1.82) is 0 Å². The summed E-state index contributed by atoms with van der Waals surface area (Å²) in [6, 6.07) is 14.4. The standard InChI is InChI=1S/C23H20N4OS/c1-13-14(2)24-22-25-23(26-27(22)15(13)3)29-12-21(28)18-9-8-17-10-16-6-4-5-7-19(16)20(17)11-18/h4-9,11H,10,12H2,1-3H3. The van der Waals surface area contributed by atoms with Gasteiger partial charge in [0.25, 0.3) is 5.78 Å². The van der Waals surface area contributed by atoms with Gasteiger partial charge in [0.05, 0.1) is 5.75 Å². The van der Waals surface area contributed by atoms with Gasteiger partial charge in [0.2, 0.25) is 5.16 Å². The molecule has 0 amide bonds. The van der Waals surface area contributed by atoms with Crippen molar-refractivity contribution >= 4 is 23.3 Å². The van der Waals surface area contributed by atoms with Gasteiger partial charge in [-0.15, -0.1) is 5.10 Å². The van der Waals surface area contributed by atoms with Crippen molar-refractivity contribution in [3.8, 4) is 11.1 Å². The Morgan fingerprint density at radius 2 is 1.83 bits per heavy atom. The van der Waals surface area contributed by atoms with Crippen LogP contribution in [0.25, 0.3) is 16.9 Å². The van der Waals surface area contributed by atoms with Gasteiger partial charge >= 0.3 is 0 Å². The second-order valence-electron chi connectivity index (χ2n) is 7.43. The van der Waals surface area contributed by atoms with E-state index in [-0.39, 0.29) is 5.78 Å². The lowest BCUT2D eigenvalue weighted by molar-refractivity contribution is 0.102. The third-order valence-corrected chi connectivity index (χ3v) is 6.53. The molecule has 1 aliphatic carbocycles. The summed E-state index contributed by atoms with van der Waals surface area (Å²) in [5.41, 5.74) is 8.83. The molecule has 5 nitrogen and oxygen atoms in total. The van der Waals surface area contributed by atoms with Crippen LogP contribution in [0.1, 0.15) is 38.4 Å². The Bertz CT molecular complexity index is 1290. The van der Waals surface area contributed by atoms with Crippen LogP contribution < -0.4 is 0 Å². The number of nitrogens with zero attached hydrogens (tertiary/aromatic N) is 4. The van der Waals surface area contributed by atoms with Gasteiger partial charge in [-0.25, -0.2) is 9.50 Å². The zero-order valence-corrected chi connectivity index (χ0v) is 17.4. The zero-order chi connectivity index (χ0) is 20.1. The maximum absolute atomic E-state index is 12.8. The number of aryl methyl sites for hydroxylation is 2. The Labute approximate surface area is 173 Å². The lowest BCUT2D eigenvalue weighted by Gasteiger charge is -2.05. The van der Waals surface area contributed by atoms with Crippen molar-refractivity contribution in [3.63, 3.8) is 0 Å². The molecule has 1 aliphatic rings. The summed E-state index contributed by atoms with van der Waals surface area (Å²) in [5.74, 6) is 0.960. The van der Waals surface area contributed by atoms with Gasteiger partial charge in [-0.1, -0.05) is 48.2 Å². The summed E-state index contributed by atoms with van der Waals surface area (Å²) >= 11 is 1.36. The molecule has 4 aromatic rings. The molecular formula is C23H20N4OS. The van der Waals surface area contributed by atoms with Crippen LogP contribution in [0, 0.1) is 20.8 Å². The van der Waals surface area contributed by atoms with Crippen LogP contribution in [-0.2, 0) is 6.42 Å². The van der Waals surface area contributed by atoms with Gasteiger partial charge in [-0.2, -0.15) is 4.98 Å². The molecule has 0 radical (unpaired) electrons. The predicted molar refractivity (Wildman–Crippen MR) is 115 cm³/mol. The van der Waals surface area contributed by atoms with Crippen molar-refractivity contribution in [2.45, 2.75) is 32.3 Å². The molecule has 0 N–H and O–H groups in total. The van der Waals surface area contributed by atoms with Crippen LogP contribution in [0.5, 0.6) is 0 Å². The van der Waals surface area contributed by atoms with E-state index in [4.69, 9.17) is 0 Å². The van der Waals surface area contributed by atoms with Gasteiger partial charge in [0.1, 0.15) is 0 Å². The molecule has 0 bridgehead atoms. The molecule has 5 rings (SSSR count). The first-order chi connectivity index (χ1) is 14.0. The summed E-state index contributed by atoms with van der Waals surface area (Å²) in [4.78, 5) is 21.8. The van der Waals surface area contributed by atoms with Gasteiger partial charge in [0, 0.05) is 17.0 Å². The van der Waals surface area contributed by atoms with Crippen LogP contribution >= 0.6 is 11.8 Å². The van der Waals surface area contributed by atoms with E-state index in [0.717, 1.165) is 28.9 Å². The van der Waals surface area contributed by atoms with Crippen molar-refractivity contribution in [2.24, 2.45) is 0 Å². The molecule has 0 saturated heterocycles. The fraction of sp³-hybridized carbons (Fsp3) is 0.217. The molecule has 0 fully saturated rings. The van der Waals surface area contributed by atoms with E-state index < -0.39 is 0 Å². The first-order valence-corrected chi connectivity index (χ1v) is 10.6. The van der Waals surface area contributed by atoms with Crippen molar-refractivity contribution in [3.05, 3.63) is 76.1 Å². The second kappa shape index (κ2) is 6.81. The number of carbonyl (C=O) groups excluding carboxylic acids is 1. The summed E-state index contributed by atoms with van der Waals surface area (Å²) in [6.45, 7) is 6.01. The number of hydrogen-bond acceptors (Lipinski definition) is 5. The van der Waals surface area contributed by atoms with Crippen molar-refractivity contribution in [1.82, 2.24) is 19.6 Å². The molecule has 6 heteroatoms. The van der Waals surface area contributed by atoms with E-state index in [1.54, 1.807) is 4.52 Å². The van der Waals surface area contributed by atoms with Crippen molar-refractivity contribution < 1.29 is 4.79 Å². The zero-order valence-electron chi connectivity index (χ0n) is 16.6. The number of thioether (sulfide) groups is 1. The van der Waals surface area contributed by atoms with E-state index in [0.29, 0.717) is 16.7 Å². The summed E-state index contributed by atoms with van der Waals surface area (Å²) in [7, 11) is 0. The van der Waals surface area contributed by atoms with Crippen LogP contribution in [0.15, 0.2) is 47.6 Å². The highest BCUT2D eigenvalue weighted by atomic mass is 32.2. The number of carbonyl (C=O) groups is 1. The number of rotatable bonds is 4. The van der Waals surface area contributed by atoms with E-state index >= 15 is 0 Å². The molecule has 144 valence electrons. The molecule has 2 aromatic heterocycles. The number of aromatic nitrogens is 4. The van der Waals surface area contributed by atoms with Crippen LogP contribution in [-0.4, -0.2) is 31.1 Å². The fourth-order valence-corrected chi connectivity index (χ4v) is 4.52. The molecular weight excluding hydrogens is 380 g/mol. The Morgan fingerprint density at radius 1 is 1.03 bits per heavy atom. The number of hydrogen-bond donors (Lipinski definition) is 0. The maximum Gasteiger partial charge on any atom is 0.253 e. The first kappa shape index (κ1) is 18.1. The molecule has 0 spiro atoms. The van der Waals surface area contributed by atoms with Crippen LogP contribution in [0.2, 0.25) is 0 Å². The van der Waals surface area contributed by atoms with Gasteiger partial charge in [-0.3, -0.25) is 4.79 Å². The molecule has 0 unspecified atom stereocenters. The first-order valence-electron chi connectivity index (χ1n) is 9.59. The highest BCUT2D eigenvalue weighted by Crippen LogP contribution is 2.37. The highest BCUT2D eigenvalue weighted by Gasteiger charge is 2.20. The minimum atomic E-state index is 0.0816. The Morgan fingerprint density at radius 3 is 2.69 bits per heavy atom. The quantitative estimate of drug-likeness (QED) is 0.326. The molecule has 0 atom stereocenters. The molecule has 29 heavy (non-hydrogen) atoms. The normalized spacial score (nSPS) is 12.2. The van der Waals surface area contributed by atoms with E-state index in [1.165, 1.54) is 34.0 Å². The average Bonchev–Trinajstić information content (AvgIpc) is 3.31. The fourth-order valence-electron chi connectivity index (χ4n) is 3.81. The van der Waals surface area contributed by atoms with Crippen LogP contribution in [0.4, 0.5) is 0 Å². The third kappa shape index (κ3) is 3.04. The number of ketones is 1. The minimum Gasteiger partial charge on any atom is -0.293 e. The van der Waals surface area contributed by atoms with Crippen molar-refractivity contribution in [2.75, 3.05) is 5.75 Å². The largest absolute Gasteiger partial charge is 0.293 e. The van der Waals surface area contributed by atoms with E-state index in [9.17, 15) is 4.79 Å². The molecule has 0 aliphatic heterocycles. The summed E-state index contributed by atoms with van der Waals surface area (Å²) in [6.07, 6.45) is 0.936. The van der Waals surface area contributed by atoms with Crippen LogP contribution in [0.3, 0.4) is 0 Å². The predicted octanol–water partition coefficient (Wildman–Crippen LogP) is 4.60. The molecule has 2 aromatic carbocycles. The Balaban J connectivity index is 1.37. The maximum atomic E-state index is 12.8. The number of benzene rings is 2. The average molecular weight is 401 g/mol. The number of Topliss-reactive ketones (excluding diaryl/α,β-unsaturated/α-hetero) is 1. The molecule has 2 heterocycles. The Hall–Kier alpha value is -2.99. The van der Waals surface area contributed by atoms with Gasteiger partial charge < -0.3 is 0 Å². The molecule has 0 saturated carbocycles. The summed E-state index contributed by atoms with van der Waals surface area (Å²) < 4.78 is 1.75. The smallest absolute Gasteiger partial charge is 0.253 e. The lowest BCUT2D eigenvalue weighted by atomic mass is 10.0.